The van der Waals surface area contributed by atoms with Crippen LogP contribution < -0.4 is 11.1 Å². The Bertz CT molecular complexity index is 1040. The van der Waals surface area contributed by atoms with Gasteiger partial charge in [-0.25, -0.2) is 4.79 Å². The maximum absolute atomic E-state index is 12.7. The quantitative estimate of drug-likeness (QED) is 0.525. The second kappa shape index (κ2) is 8.78. The molecule has 5 N–H and O–H groups in total. The van der Waals surface area contributed by atoms with E-state index in [1.165, 1.54) is 6.07 Å². The summed E-state index contributed by atoms with van der Waals surface area (Å²) in [6.07, 6.45) is -4.97. The van der Waals surface area contributed by atoms with E-state index in [1.807, 2.05) is 0 Å². The third-order valence-corrected chi connectivity index (χ3v) is 4.94. The first-order valence-electron chi connectivity index (χ1n) is 9.26. The smallest absolute Gasteiger partial charge is 0.433 e. The lowest BCUT2D eigenvalue weighted by Gasteiger charge is -2.22. The Morgan fingerprint density at radius 3 is 2.50 bits per heavy atom. The molecular formula is C19H18F3N5O5. The van der Waals surface area contributed by atoms with E-state index < -0.39 is 41.9 Å². The number of halogens is 3. The fraction of sp³-hybridized carbons (Fsp3) is 0.316. The molecule has 13 heteroatoms. The van der Waals surface area contributed by atoms with Crippen molar-refractivity contribution in [2.45, 2.75) is 31.3 Å². The van der Waals surface area contributed by atoms with E-state index >= 15 is 0 Å². The monoisotopic (exact) mass is 453 g/mol. The summed E-state index contributed by atoms with van der Waals surface area (Å²) in [5.41, 5.74) is 4.80. The fourth-order valence-electron chi connectivity index (χ4n) is 3.33. The van der Waals surface area contributed by atoms with Gasteiger partial charge in [-0.1, -0.05) is 0 Å². The lowest BCUT2D eigenvalue weighted by Crippen LogP contribution is -2.49. The summed E-state index contributed by atoms with van der Waals surface area (Å²) in [4.78, 5) is 43.6. The lowest BCUT2D eigenvalue weighted by molar-refractivity contribution is -0.141. The number of nitrogens with zero attached hydrogens (tertiary/aromatic N) is 3. The summed E-state index contributed by atoms with van der Waals surface area (Å²) in [7, 11) is 0. The number of nitrogens with one attached hydrogen (secondary N) is 1. The van der Waals surface area contributed by atoms with Crippen LogP contribution in [0.25, 0.3) is 11.3 Å². The number of pyridine rings is 2. The predicted molar refractivity (Wildman–Crippen MR) is 102 cm³/mol. The molecule has 10 nitrogen and oxygen atoms in total. The van der Waals surface area contributed by atoms with Crippen molar-refractivity contribution < 1.29 is 37.8 Å². The number of aliphatic hydroxyl groups is 1. The molecule has 2 aromatic rings. The number of aliphatic hydroxyl groups excluding tert-OH is 1. The van der Waals surface area contributed by atoms with Crippen molar-refractivity contribution in [3.8, 4) is 11.3 Å². The number of nitrogens with two attached hydrogens (primary N) is 1. The van der Waals surface area contributed by atoms with Gasteiger partial charge in [-0.05, 0) is 30.2 Å². The van der Waals surface area contributed by atoms with Gasteiger partial charge in [0.05, 0.1) is 17.4 Å². The van der Waals surface area contributed by atoms with Crippen LogP contribution in [0.4, 0.5) is 18.0 Å². The zero-order valence-electron chi connectivity index (χ0n) is 16.3. The Morgan fingerprint density at radius 2 is 1.94 bits per heavy atom. The van der Waals surface area contributed by atoms with E-state index in [-0.39, 0.29) is 41.9 Å². The van der Waals surface area contributed by atoms with Gasteiger partial charge < -0.3 is 21.3 Å². The number of likely N-dealkylation sites (tertiary alicyclic amines) is 1. The number of amides is 3. The van der Waals surface area contributed by atoms with Gasteiger partial charge in [-0.2, -0.15) is 13.2 Å². The molecule has 1 aliphatic heterocycles. The van der Waals surface area contributed by atoms with Gasteiger partial charge in [0.25, 0.3) is 5.91 Å². The molecule has 3 heterocycles. The normalized spacial score (nSPS) is 18.4. The van der Waals surface area contributed by atoms with Crippen molar-refractivity contribution in [2.75, 3.05) is 6.54 Å². The largest absolute Gasteiger partial charge is 0.465 e. The molecule has 1 fully saturated rings. The summed E-state index contributed by atoms with van der Waals surface area (Å²) in [5, 5.41) is 21.6. The molecule has 32 heavy (non-hydrogen) atoms. The van der Waals surface area contributed by atoms with Gasteiger partial charge in [-0.15, -0.1) is 0 Å². The molecule has 2 atom stereocenters. The topological polar surface area (TPSA) is 159 Å². The maximum atomic E-state index is 12.7. The molecule has 0 saturated carbocycles. The second-order valence-electron chi connectivity index (χ2n) is 7.02. The molecule has 0 aliphatic carbocycles. The Labute approximate surface area is 178 Å². The molecule has 0 radical (unpaired) electrons. The first kappa shape index (κ1) is 22.9. The highest BCUT2D eigenvalue weighted by Crippen LogP contribution is 2.29. The van der Waals surface area contributed by atoms with Crippen molar-refractivity contribution in [3.05, 3.63) is 47.4 Å². The Hall–Kier alpha value is -3.74. The average molecular weight is 453 g/mol. The molecule has 1 aliphatic rings. The molecule has 170 valence electrons. The van der Waals surface area contributed by atoms with E-state index in [0.29, 0.717) is 0 Å². The van der Waals surface area contributed by atoms with Crippen molar-refractivity contribution in [1.29, 1.82) is 0 Å². The van der Waals surface area contributed by atoms with E-state index in [1.54, 1.807) is 0 Å². The van der Waals surface area contributed by atoms with Gasteiger partial charge in [0.2, 0.25) is 5.91 Å². The molecule has 3 amide bonds. The van der Waals surface area contributed by atoms with Crippen LogP contribution >= 0.6 is 0 Å². The molecule has 0 spiro atoms. The van der Waals surface area contributed by atoms with Gasteiger partial charge in [0.1, 0.15) is 11.7 Å². The van der Waals surface area contributed by atoms with Crippen molar-refractivity contribution in [1.82, 2.24) is 20.2 Å². The summed E-state index contributed by atoms with van der Waals surface area (Å²) < 4.78 is 38.1. The van der Waals surface area contributed by atoms with Crippen molar-refractivity contribution >= 4 is 17.9 Å². The number of hydrogen-bond donors (Lipinski definition) is 4. The summed E-state index contributed by atoms with van der Waals surface area (Å²) in [5.74, 6) is -1.63. The molecular weight excluding hydrogens is 435 g/mol. The van der Waals surface area contributed by atoms with Gasteiger partial charge in [0.15, 0.2) is 0 Å². The Balaban J connectivity index is 1.83. The van der Waals surface area contributed by atoms with Crippen LogP contribution in [0.1, 0.15) is 28.0 Å². The van der Waals surface area contributed by atoms with E-state index in [9.17, 15) is 37.8 Å². The van der Waals surface area contributed by atoms with Gasteiger partial charge in [0, 0.05) is 31.0 Å². The second-order valence-corrected chi connectivity index (χ2v) is 7.02. The van der Waals surface area contributed by atoms with Gasteiger partial charge >= 0.3 is 12.3 Å². The molecule has 0 unspecified atom stereocenters. The zero-order valence-corrected chi connectivity index (χ0v) is 16.3. The van der Waals surface area contributed by atoms with Crippen LogP contribution in [0, 0.1) is 0 Å². The molecule has 0 aromatic carbocycles. The molecule has 0 bridgehead atoms. The number of carbonyl (C=O) groups excluding carboxylic acids is 2. The highest BCUT2D eigenvalue weighted by atomic mass is 19.4. The molecule has 3 rings (SSSR count). The maximum Gasteiger partial charge on any atom is 0.433 e. The Morgan fingerprint density at radius 1 is 1.22 bits per heavy atom. The van der Waals surface area contributed by atoms with Crippen LogP contribution in [0.2, 0.25) is 0 Å². The number of carbonyl (C=O) groups is 3. The number of aromatic nitrogens is 2. The van der Waals surface area contributed by atoms with E-state index in [0.717, 1.165) is 29.4 Å². The number of primary amides is 1. The summed E-state index contributed by atoms with van der Waals surface area (Å²) in [6.45, 7) is -0.279. The predicted octanol–water partition coefficient (Wildman–Crippen LogP) is 0.991. The van der Waals surface area contributed by atoms with Crippen molar-refractivity contribution in [2.24, 2.45) is 5.73 Å². The van der Waals surface area contributed by atoms with E-state index in [4.69, 9.17) is 5.73 Å². The Kier molecular flexibility index (Phi) is 6.30. The highest BCUT2D eigenvalue weighted by Gasteiger charge is 2.41. The SMILES string of the molecule is NC(=O)c1cnc(-c2ccc(C(F)(F)F)nc2)cc1CNC(=O)[C@H]1[C@H](O)CCN1C(=O)O. The minimum absolute atomic E-state index is 0.0125. The van der Waals surface area contributed by atoms with Crippen LogP contribution in [-0.2, 0) is 17.5 Å². The van der Waals surface area contributed by atoms with Crippen molar-refractivity contribution in [3.63, 3.8) is 0 Å². The summed E-state index contributed by atoms with van der Waals surface area (Å²) in [6, 6.07) is 1.97. The minimum atomic E-state index is -4.61. The minimum Gasteiger partial charge on any atom is -0.465 e. The summed E-state index contributed by atoms with van der Waals surface area (Å²) >= 11 is 0. The number of alkyl halides is 3. The average Bonchev–Trinajstić information content (AvgIpc) is 3.13. The van der Waals surface area contributed by atoms with E-state index in [2.05, 4.69) is 15.3 Å². The van der Waals surface area contributed by atoms with Gasteiger partial charge in [-0.3, -0.25) is 24.5 Å². The molecule has 1 saturated heterocycles. The highest BCUT2D eigenvalue weighted by molar-refractivity contribution is 5.94. The number of hydrogen-bond acceptors (Lipinski definition) is 6. The van der Waals surface area contributed by atoms with Crippen LogP contribution in [0.5, 0.6) is 0 Å². The first-order valence-corrected chi connectivity index (χ1v) is 9.26. The molecule has 2 aromatic heterocycles. The first-order chi connectivity index (χ1) is 15.0. The third-order valence-electron chi connectivity index (χ3n) is 4.94. The third kappa shape index (κ3) is 4.77. The van der Waals surface area contributed by atoms with Crippen LogP contribution in [-0.4, -0.2) is 61.7 Å². The van der Waals surface area contributed by atoms with Crippen LogP contribution in [0.3, 0.4) is 0 Å². The zero-order chi connectivity index (χ0) is 23.6. The van der Waals surface area contributed by atoms with Crippen LogP contribution in [0.15, 0.2) is 30.6 Å². The lowest BCUT2D eigenvalue weighted by atomic mass is 10.0. The number of rotatable bonds is 5. The standard InChI is InChI=1S/C19H18F3N5O5/c20-19(21,22)14-2-1-9(6-25-14)12-5-10(11(8-24-12)16(23)29)7-26-17(30)15-13(28)3-4-27(15)18(31)32/h1-2,5-6,8,13,15,28H,3-4,7H2,(H2,23,29)(H,26,30)(H,31,32)/t13-,15-/m1/s1. The fourth-order valence-corrected chi connectivity index (χ4v) is 3.33. The number of carboxylic acid groups (broad SMARTS) is 1.